The van der Waals surface area contributed by atoms with E-state index in [9.17, 15) is 4.79 Å². The Morgan fingerprint density at radius 1 is 1.33 bits per heavy atom. The van der Waals surface area contributed by atoms with Crippen molar-refractivity contribution in [1.29, 1.82) is 0 Å². The smallest absolute Gasteiger partial charge is 0.227 e. The van der Waals surface area contributed by atoms with Gasteiger partial charge in [-0.1, -0.05) is 18.2 Å². The van der Waals surface area contributed by atoms with Crippen LogP contribution in [0.5, 0.6) is 0 Å². The molecule has 128 valence electrons. The zero-order valence-corrected chi connectivity index (χ0v) is 14.7. The third-order valence-electron chi connectivity index (χ3n) is 5.11. The molecule has 0 bridgehead atoms. The lowest BCUT2D eigenvalue weighted by Crippen LogP contribution is -2.45. The molecule has 0 unspecified atom stereocenters. The molecule has 1 aromatic carbocycles. The number of para-hydroxylation sites is 1. The molecule has 4 rings (SSSR count). The van der Waals surface area contributed by atoms with Gasteiger partial charge in [0.1, 0.15) is 0 Å². The third kappa shape index (κ3) is 3.33. The van der Waals surface area contributed by atoms with Crippen LogP contribution in [0.15, 0.2) is 30.5 Å². The second-order valence-corrected chi connectivity index (χ2v) is 7.88. The van der Waals surface area contributed by atoms with Crippen molar-refractivity contribution in [2.45, 2.75) is 37.8 Å². The minimum Gasteiger partial charge on any atom is -0.376 e. The molecule has 0 radical (unpaired) electrons. The molecule has 4 nitrogen and oxygen atoms in total. The maximum absolute atomic E-state index is 13.1. The zero-order valence-electron chi connectivity index (χ0n) is 13.9. The number of carbonyl (C=O) groups excluding carboxylic acids is 1. The van der Waals surface area contributed by atoms with Crippen LogP contribution in [0.3, 0.4) is 0 Å². The van der Waals surface area contributed by atoms with Crippen LogP contribution in [0.4, 0.5) is 0 Å². The molecule has 2 aliphatic heterocycles. The molecule has 2 aliphatic rings. The number of thioether (sulfide) groups is 1. The van der Waals surface area contributed by atoms with Gasteiger partial charge in [-0.15, -0.1) is 0 Å². The first kappa shape index (κ1) is 16.0. The summed E-state index contributed by atoms with van der Waals surface area (Å²) in [6.07, 6.45) is 5.98. The maximum atomic E-state index is 13.1. The fraction of sp³-hybridized carbons (Fsp3) is 0.526. The molecule has 1 amide bonds. The molecule has 1 aromatic heterocycles. The van der Waals surface area contributed by atoms with E-state index in [-0.39, 0.29) is 12.0 Å². The average Bonchev–Trinajstić information content (AvgIpc) is 3.35. The van der Waals surface area contributed by atoms with E-state index in [0.717, 1.165) is 60.4 Å². The highest BCUT2D eigenvalue weighted by Crippen LogP contribution is 2.26. The first-order valence-corrected chi connectivity index (χ1v) is 10.0. The number of nitrogens with zero attached hydrogens (tertiary/aromatic N) is 1. The highest BCUT2D eigenvalue weighted by molar-refractivity contribution is 7.99. The molecule has 3 heterocycles. The van der Waals surface area contributed by atoms with Crippen LogP contribution in [0.25, 0.3) is 10.9 Å². The number of H-pyrrole nitrogens is 1. The molecule has 0 spiro atoms. The molecule has 1 N–H and O–H groups in total. The van der Waals surface area contributed by atoms with Gasteiger partial charge in [0.25, 0.3) is 0 Å². The number of ether oxygens (including phenoxy) is 1. The zero-order chi connectivity index (χ0) is 16.4. The van der Waals surface area contributed by atoms with Gasteiger partial charge >= 0.3 is 0 Å². The first-order valence-electron chi connectivity index (χ1n) is 8.85. The highest BCUT2D eigenvalue weighted by Gasteiger charge is 2.30. The first-order chi connectivity index (χ1) is 11.8. The van der Waals surface area contributed by atoms with Gasteiger partial charge in [-0.05, 0) is 36.6 Å². The molecule has 0 saturated carbocycles. The topological polar surface area (TPSA) is 45.3 Å². The summed E-state index contributed by atoms with van der Waals surface area (Å²) in [6, 6.07) is 8.56. The van der Waals surface area contributed by atoms with Crippen molar-refractivity contribution in [3.63, 3.8) is 0 Å². The van der Waals surface area contributed by atoms with E-state index in [0.29, 0.717) is 12.5 Å². The summed E-state index contributed by atoms with van der Waals surface area (Å²) in [7, 11) is 0. The number of carbonyl (C=O) groups is 1. The van der Waals surface area contributed by atoms with E-state index < -0.39 is 0 Å². The van der Waals surface area contributed by atoms with Gasteiger partial charge in [-0.2, -0.15) is 11.8 Å². The van der Waals surface area contributed by atoms with Gasteiger partial charge in [0, 0.05) is 42.0 Å². The summed E-state index contributed by atoms with van der Waals surface area (Å²) in [6.45, 7) is 1.60. The van der Waals surface area contributed by atoms with Gasteiger partial charge in [0.05, 0.1) is 12.5 Å². The number of aromatic amines is 1. The summed E-state index contributed by atoms with van der Waals surface area (Å²) in [5.74, 6) is 2.46. The van der Waals surface area contributed by atoms with Crippen LogP contribution in [-0.2, 0) is 16.0 Å². The van der Waals surface area contributed by atoms with E-state index in [1.54, 1.807) is 0 Å². The van der Waals surface area contributed by atoms with Gasteiger partial charge in [0.15, 0.2) is 0 Å². The number of rotatable bonds is 5. The largest absolute Gasteiger partial charge is 0.376 e. The number of fused-ring (bicyclic) bond motifs is 1. The highest BCUT2D eigenvalue weighted by atomic mass is 32.2. The molecular weight excluding hydrogens is 320 g/mol. The summed E-state index contributed by atoms with van der Waals surface area (Å²) in [5, 5.41) is 1.16. The lowest BCUT2D eigenvalue weighted by molar-refractivity contribution is -0.134. The summed E-state index contributed by atoms with van der Waals surface area (Å²) in [4.78, 5) is 18.5. The maximum Gasteiger partial charge on any atom is 0.227 e. The van der Waals surface area contributed by atoms with Crippen molar-refractivity contribution in [2.75, 3.05) is 24.7 Å². The summed E-state index contributed by atoms with van der Waals surface area (Å²) < 4.78 is 5.79. The number of hydrogen-bond acceptors (Lipinski definition) is 3. The van der Waals surface area contributed by atoms with Crippen molar-refractivity contribution < 1.29 is 9.53 Å². The molecule has 2 atom stereocenters. The van der Waals surface area contributed by atoms with Crippen LogP contribution < -0.4 is 0 Å². The van der Waals surface area contributed by atoms with E-state index in [2.05, 4.69) is 22.0 Å². The second kappa shape index (κ2) is 7.19. The van der Waals surface area contributed by atoms with E-state index in [1.807, 2.05) is 30.1 Å². The summed E-state index contributed by atoms with van der Waals surface area (Å²) in [5.41, 5.74) is 2.20. The third-order valence-corrected chi connectivity index (χ3v) is 6.25. The Morgan fingerprint density at radius 2 is 2.25 bits per heavy atom. The Kier molecular flexibility index (Phi) is 4.81. The van der Waals surface area contributed by atoms with Crippen LogP contribution in [-0.4, -0.2) is 52.6 Å². The molecule has 2 fully saturated rings. The molecule has 5 heteroatoms. The minimum absolute atomic E-state index is 0.225. The molecule has 2 aromatic rings. The quantitative estimate of drug-likeness (QED) is 0.906. The van der Waals surface area contributed by atoms with Crippen molar-refractivity contribution in [2.24, 2.45) is 0 Å². The molecule has 0 aliphatic carbocycles. The Hall–Kier alpha value is -1.46. The van der Waals surface area contributed by atoms with Crippen LogP contribution in [0.1, 0.15) is 24.8 Å². The Labute approximate surface area is 146 Å². The number of hydrogen-bond donors (Lipinski definition) is 1. The van der Waals surface area contributed by atoms with Gasteiger partial charge in [-0.3, -0.25) is 4.79 Å². The van der Waals surface area contributed by atoms with Crippen molar-refractivity contribution in [3.05, 3.63) is 36.0 Å². The van der Waals surface area contributed by atoms with Gasteiger partial charge in [-0.25, -0.2) is 0 Å². The number of aromatic nitrogens is 1. The van der Waals surface area contributed by atoms with Crippen LogP contribution >= 0.6 is 11.8 Å². The van der Waals surface area contributed by atoms with Crippen molar-refractivity contribution in [1.82, 2.24) is 9.88 Å². The van der Waals surface area contributed by atoms with Crippen molar-refractivity contribution >= 4 is 28.6 Å². The predicted octanol–water partition coefficient (Wildman–Crippen LogP) is 3.22. The predicted molar refractivity (Wildman–Crippen MR) is 98.4 cm³/mol. The van der Waals surface area contributed by atoms with Gasteiger partial charge in [0.2, 0.25) is 5.91 Å². The van der Waals surface area contributed by atoms with E-state index in [1.165, 1.54) is 0 Å². The number of benzene rings is 1. The normalized spacial score (nSPS) is 23.8. The SMILES string of the molecule is O=C(Cc1c[nH]c2ccccc12)N(C[C@@H]1CCCO1)[C@H]1CCSC1. The van der Waals surface area contributed by atoms with Crippen molar-refractivity contribution in [3.8, 4) is 0 Å². The van der Waals surface area contributed by atoms with E-state index >= 15 is 0 Å². The van der Waals surface area contributed by atoms with Crippen LogP contribution in [0, 0.1) is 0 Å². The van der Waals surface area contributed by atoms with Crippen LogP contribution in [0.2, 0.25) is 0 Å². The standard InChI is InChI=1S/C19H24N2O2S/c22-19(10-14-11-20-18-6-2-1-5-17(14)18)21(15-7-9-24-13-15)12-16-4-3-8-23-16/h1-2,5-6,11,15-16,20H,3-4,7-10,12-13H2/t15-,16-/m0/s1. The average molecular weight is 344 g/mol. The molecule has 24 heavy (non-hydrogen) atoms. The Balaban J connectivity index is 1.51. The Morgan fingerprint density at radius 3 is 3.04 bits per heavy atom. The fourth-order valence-electron chi connectivity index (χ4n) is 3.77. The number of amides is 1. The lowest BCUT2D eigenvalue weighted by Gasteiger charge is -2.31. The fourth-order valence-corrected chi connectivity index (χ4v) is 5.00. The minimum atomic E-state index is 0.225. The van der Waals surface area contributed by atoms with Gasteiger partial charge < -0.3 is 14.6 Å². The molecule has 2 saturated heterocycles. The second-order valence-electron chi connectivity index (χ2n) is 6.73. The summed E-state index contributed by atoms with van der Waals surface area (Å²) >= 11 is 1.96. The van der Waals surface area contributed by atoms with E-state index in [4.69, 9.17) is 4.74 Å². The molecular formula is C19H24N2O2S. The Bertz CT molecular complexity index is 702. The lowest BCUT2D eigenvalue weighted by atomic mass is 10.1. The number of nitrogens with one attached hydrogen (secondary N) is 1. The monoisotopic (exact) mass is 344 g/mol.